The number of aromatic nitrogens is 2. The summed E-state index contributed by atoms with van der Waals surface area (Å²) in [6.07, 6.45) is 2.84. The van der Waals surface area contributed by atoms with E-state index in [0.717, 1.165) is 25.3 Å². The third-order valence-electron chi connectivity index (χ3n) is 2.86. The Balaban J connectivity index is 2.33. The number of H-pyrrole nitrogens is 1. The first-order valence-corrected chi connectivity index (χ1v) is 5.77. The van der Waals surface area contributed by atoms with Gasteiger partial charge in [-0.05, 0) is 24.8 Å². The minimum Gasteiger partial charge on any atom is -0.385 e. The molecule has 16 heavy (non-hydrogen) atoms. The van der Waals surface area contributed by atoms with Gasteiger partial charge in [0.2, 0.25) is 0 Å². The van der Waals surface area contributed by atoms with Crippen LogP contribution in [0.25, 0.3) is 0 Å². The van der Waals surface area contributed by atoms with Crippen LogP contribution in [-0.4, -0.2) is 30.5 Å². The summed E-state index contributed by atoms with van der Waals surface area (Å²) in [7, 11) is 1.75. The summed E-state index contributed by atoms with van der Waals surface area (Å²) < 4.78 is 5.11. The van der Waals surface area contributed by atoms with Crippen LogP contribution >= 0.6 is 0 Å². The van der Waals surface area contributed by atoms with E-state index in [2.05, 4.69) is 36.3 Å². The SMILES string of the molecule is COCCC(C)(C)CNC(C)c1ccn[nH]1. The highest BCUT2D eigenvalue weighted by molar-refractivity contribution is 5.03. The molecule has 92 valence electrons. The van der Waals surface area contributed by atoms with Crippen LogP contribution in [0.4, 0.5) is 0 Å². The number of hydrogen-bond acceptors (Lipinski definition) is 3. The van der Waals surface area contributed by atoms with Crippen molar-refractivity contribution in [2.75, 3.05) is 20.3 Å². The Hall–Kier alpha value is -0.870. The molecule has 1 heterocycles. The van der Waals surface area contributed by atoms with Gasteiger partial charge < -0.3 is 10.1 Å². The van der Waals surface area contributed by atoms with Gasteiger partial charge in [0.1, 0.15) is 0 Å². The van der Waals surface area contributed by atoms with E-state index < -0.39 is 0 Å². The largest absolute Gasteiger partial charge is 0.385 e. The number of methoxy groups -OCH3 is 1. The molecule has 0 saturated carbocycles. The Kier molecular flexibility index (Phi) is 4.96. The molecule has 0 saturated heterocycles. The molecule has 0 fully saturated rings. The van der Waals surface area contributed by atoms with Gasteiger partial charge in [0.15, 0.2) is 0 Å². The Bertz CT molecular complexity index is 282. The summed E-state index contributed by atoms with van der Waals surface area (Å²) in [5.41, 5.74) is 1.38. The molecule has 4 heteroatoms. The second-order valence-corrected chi connectivity index (χ2v) is 5.02. The first-order valence-electron chi connectivity index (χ1n) is 5.77. The molecule has 1 atom stereocenters. The van der Waals surface area contributed by atoms with Crippen LogP contribution in [0.3, 0.4) is 0 Å². The van der Waals surface area contributed by atoms with Crippen molar-refractivity contribution in [2.24, 2.45) is 5.41 Å². The molecule has 1 rings (SSSR count). The van der Waals surface area contributed by atoms with E-state index in [1.807, 2.05) is 6.07 Å². The fraction of sp³-hybridized carbons (Fsp3) is 0.750. The molecule has 1 unspecified atom stereocenters. The zero-order chi connectivity index (χ0) is 12.0. The van der Waals surface area contributed by atoms with Gasteiger partial charge in [-0.15, -0.1) is 0 Å². The molecule has 0 aliphatic heterocycles. The summed E-state index contributed by atoms with van der Waals surface area (Å²) in [6, 6.07) is 2.31. The van der Waals surface area contributed by atoms with Crippen molar-refractivity contribution in [3.05, 3.63) is 18.0 Å². The summed E-state index contributed by atoms with van der Waals surface area (Å²) in [4.78, 5) is 0. The molecule has 1 aromatic heterocycles. The quantitative estimate of drug-likeness (QED) is 0.747. The van der Waals surface area contributed by atoms with E-state index in [4.69, 9.17) is 4.74 Å². The lowest BCUT2D eigenvalue weighted by Gasteiger charge is -2.26. The van der Waals surface area contributed by atoms with Crippen LogP contribution in [0, 0.1) is 5.41 Å². The van der Waals surface area contributed by atoms with Gasteiger partial charge in [-0.2, -0.15) is 5.10 Å². The van der Waals surface area contributed by atoms with Gasteiger partial charge in [0.25, 0.3) is 0 Å². The molecular weight excluding hydrogens is 202 g/mol. The van der Waals surface area contributed by atoms with E-state index >= 15 is 0 Å². The molecule has 0 aliphatic carbocycles. The average Bonchev–Trinajstić information content (AvgIpc) is 2.77. The minimum absolute atomic E-state index is 0.254. The maximum Gasteiger partial charge on any atom is 0.0518 e. The van der Waals surface area contributed by atoms with E-state index in [0.29, 0.717) is 6.04 Å². The van der Waals surface area contributed by atoms with Gasteiger partial charge in [-0.25, -0.2) is 0 Å². The Labute approximate surface area is 97.8 Å². The lowest BCUT2D eigenvalue weighted by atomic mass is 9.89. The zero-order valence-corrected chi connectivity index (χ0v) is 10.7. The fourth-order valence-corrected chi connectivity index (χ4v) is 1.51. The minimum atomic E-state index is 0.254. The van der Waals surface area contributed by atoms with E-state index in [1.54, 1.807) is 13.3 Å². The van der Waals surface area contributed by atoms with Crippen LogP contribution < -0.4 is 5.32 Å². The normalized spacial score (nSPS) is 14.0. The zero-order valence-electron chi connectivity index (χ0n) is 10.7. The Morgan fingerprint density at radius 1 is 1.56 bits per heavy atom. The molecule has 4 nitrogen and oxygen atoms in total. The van der Waals surface area contributed by atoms with Gasteiger partial charge in [0, 0.05) is 32.5 Å². The number of rotatable bonds is 7. The predicted molar refractivity (Wildman–Crippen MR) is 65.3 cm³/mol. The van der Waals surface area contributed by atoms with Gasteiger partial charge in [-0.1, -0.05) is 13.8 Å². The highest BCUT2D eigenvalue weighted by Crippen LogP contribution is 2.20. The fourth-order valence-electron chi connectivity index (χ4n) is 1.51. The van der Waals surface area contributed by atoms with Crippen LogP contribution in [0.15, 0.2) is 12.3 Å². The van der Waals surface area contributed by atoms with Crippen molar-refractivity contribution < 1.29 is 4.74 Å². The molecule has 0 spiro atoms. The number of aromatic amines is 1. The number of ether oxygens (including phenoxy) is 1. The van der Waals surface area contributed by atoms with Crippen LogP contribution in [-0.2, 0) is 4.74 Å². The van der Waals surface area contributed by atoms with Gasteiger partial charge >= 0.3 is 0 Å². The number of hydrogen-bond donors (Lipinski definition) is 2. The molecule has 2 N–H and O–H groups in total. The lowest BCUT2D eigenvalue weighted by molar-refractivity contribution is 0.149. The molecule has 0 aliphatic rings. The van der Waals surface area contributed by atoms with Crippen molar-refractivity contribution in [3.63, 3.8) is 0 Å². The smallest absolute Gasteiger partial charge is 0.0518 e. The first kappa shape index (κ1) is 13.2. The summed E-state index contributed by atoms with van der Waals surface area (Å²) in [5.74, 6) is 0. The monoisotopic (exact) mass is 225 g/mol. The first-order chi connectivity index (χ1) is 7.55. The highest BCUT2D eigenvalue weighted by Gasteiger charge is 2.18. The third-order valence-corrected chi connectivity index (χ3v) is 2.86. The Morgan fingerprint density at radius 2 is 2.31 bits per heavy atom. The summed E-state index contributed by atoms with van der Waals surface area (Å²) in [6.45, 7) is 8.42. The van der Waals surface area contributed by atoms with Crippen LogP contribution in [0.1, 0.15) is 38.9 Å². The summed E-state index contributed by atoms with van der Waals surface area (Å²) >= 11 is 0. The molecule has 0 bridgehead atoms. The van der Waals surface area contributed by atoms with Crippen molar-refractivity contribution in [3.8, 4) is 0 Å². The topological polar surface area (TPSA) is 49.9 Å². The maximum absolute atomic E-state index is 5.11. The van der Waals surface area contributed by atoms with Crippen molar-refractivity contribution in [1.29, 1.82) is 0 Å². The van der Waals surface area contributed by atoms with E-state index in [-0.39, 0.29) is 5.41 Å². The van der Waals surface area contributed by atoms with Crippen molar-refractivity contribution in [1.82, 2.24) is 15.5 Å². The van der Waals surface area contributed by atoms with Gasteiger partial charge in [-0.3, -0.25) is 5.10 Å². The van der Waals surface area contributed by atoms with E-state index in [1.165, 1.54) is 0 Å². The van der Waals surface area contributed by atoms with Gasteiger partial charge in [0.05, 0.1) is 5.69 Å². The van der Waals surface area contributed by atoms with Crippen molar-refractivity contribution in [2.45, 2.75) is 33.2 Å². The second-order valence-electron chi connectivity index (χ2n) is 5.02. The average molecular weight is 225 g/mol. The van der Waals surface area contributed by atoms with Crippen molar-refractivity contribution >= 4 is 0 Å². The standard InChI is InChI=1S/C12H23N3O/c1-10(11-5-7-14-15-11)13-9-12(2,3)6-8-16-4/h5,7,10,13H,6,8-9H2,1-4H3,(H,14,15). The molecule has 0 radical (unpaired) electrons. The highest BCUT2D eigenvalue weighted by atomic mass is 16.5. The molecule has 0 aromatic carbocycles. The molecule has 1 aromatic rings. The van der Waals surface area contributed by atoms with Crippen LogP contribution in [0.2, 0.25) is 0 Å². The maximum atomic E-state index is 5.11. The number of nitrogens with zero attached hydrogens (tertiary/aromatic N) is 1. The number of nitrogens with one attached hydrogen (secondary N) is 2. The summed E-state index contributed by atoms with van der Waals surface area (Å²) in [5, 5.41) is 10.4. The molecule has 0 amide bonds. The second kappa shape index (κ2) is 6.01. The molecular formula is C12H23N3O. The van der Waals surface area contributed by atoms with E-state index in [9.17, 15) is 0 Å². The third kappa shape index (κ3) is 4.33. The lowest BCUT2D eigenvalue weighted by Crippen LogP contribution is -2.32. The van der Waals surface area contributed by atoms with Crippen LogP contribution in [0.5, 0.6) is 0 Å². The Morgan fingerprint density at radius 3 is 2.88 bits per heavy atom. The predicted octanol–water partition coefficient (Wildman–Crippen LogP) is 2.12.